The van der Waals surface area contributed by atoms with Crippen molar-refractivity contribution in [2.24, 2.45) is 0 Å². The number of rotatable bonds is 4. The maximum absolute atomic E-state index is 13.0. The summed E-state index contributed by atoms with van der Waals surface area (Å²) in [5.41, 5.74) is 0.546. The SMILES string of the molecule is O=C(ON1CC(N2CCNC[C@@H]2CF)C1)c1ccccc1. The van der Waals surface area contributed by atoms with Gasteiger partial charge in [-0.3, -0.25) is 4.90 Å². The van der Waals surface area contributed by atoms with E-state index in [1.807, 2.05) is 18.2 Å². The molecule has 6 heteroatoms. The van der Waals surface area contributed by atoms with Crippen LogP contribution >= 0.6 is 0 Å². The van der Waals surface area contributed by atoms with Gasteiger partial charge in [0.1, 0.15) is 6.67 Å². The summed E-state index contributed by atoms with van der Waals surface area (Å²) in [6, 6.07) is 9.15. The van der Waals surface area contributed by atoms with Crippen molar-refractivity contribution in [1.29, 1.82) is 0 Å². The van der Waals surface area contributed by atoms with E-state index in [9.17, 15) is 9.18 Å². The van der Waals surface area contributed by atoms with Gasteiger partial charge in [-0.2, -0.15) is 0 Å². The van der Waals surface area contributed by atoms with Crippen molar-refractivity contribution in [3.63, 3.8) is 0 Å². The predicted octanol–water partition coefficient (Wildman–Crippen LogP) is 0.686. The second kappa shape index (κ2) is 6.51. The molecule has 0 unspecified atom stereocenters. The third-order valence-electron chi connectivity index (χ3n) is 4.09. The Morgan fingerprint density at radius 3 is 2.81 bits per heavy atom. The van der Waals surface area contributed by atoms with Crippen molar-refractivity contribution >= 4 is 5.97 Å². The molecule has 2 saturated heterocycles. The lowest BCUT2D eigenvalue weighted by atomic mass is 10.1. The van der Waals surface area contributed by atoms with E-state index in [2.05, 4.69) is 10.2 Å². The van der Waals surface area contributed by atoms with Gasteiger partial charge < -0.3 is 10.2 Å². The van der Waals surface area contributed by atoms with Crippen molar-refractivity contribution < 1.29 is 14.0 Å². The van der Waals surface area contributed by atoms with Crippen LogP contribution in [0, 0.1) is 0 Å². The van der Waals surface area contributed by atoms with Crippen molar-refractivity contribution in [2.75, 3.05) is 39.4 Å². The van der Waals surface area contributed by atoms with Crippen molar-refractivity contribution in [2.45, 2.75) is 12.1 Å². The molecule has 0 aliphatic carbocycles. The summed E-state index contributed by atoms with van der Waals surface area (Å²) in [5, 5.41) is 4.85. The summed E-state index contributed by atoms with van der Waals surface area (Å²) in [6.07, 6.45) is 0. The first-order valence-electron chi connectivity index (χ1n) is 7.32. The quantitative estimate of drug-likeness (QED) is 0.885. The Bertz CT molecular complexity index is 479. The van der Waals surface area contributed by atoms with Crippen LogP contribution < -0.4 is 5.32 Å². The number of benzene rings is 1. The van der Waals surface area contributed by atoms with E-state index in [-0.39, 0.29) is 24.7 Å². The fourth-order valence-corrected chi connectivity index (χ4v) is 2.85. The normalized spacial score (nSPS) is 24.5. The fourth-order valence-electron chi connectivity index (χ4n) is 2.85. The number of halogens is 1. The minimum Gasteiger partial charge on any atom is -0.364 e. The molecule has 0 radical (unpaired) electrons. The molecule has 114 valence electrons. The van der Waals surface area contributed by atoms with Crippen LogP contribution in [0.4, 0.5) is 4.39 Å². The van der Waals surface area contributed by atoms with E-state index in [4.69, 9.17) is 4.84 Å². The zero-order chi connectivity index (χ0) is 14.7. The van der Waals surface area contributed by atoms with Crippen LogP contribution in [0.15, 0.2) is 30.3 Å². The second-order valence-corrected chi connectivity index (χ2v) is 5.50. The van der Waals surface area contributed by atoms with Gasteiger partial charge in [-0.1, -0.05) is 18.2 Å². The molecule has 0 aromatic heterocycles. The molecule has 0 amide bonds. The Labute approximate surface area is 123 Å². The average molecular weight is 293 g/mol. The number of carbonyl (C=O) groups excluding carboxylic acids is 1. The van der Waals surface area contributed by atoms with Crippen LogP contribution in [0.25, 0.3) is 0 Å². The molecule has 0 spiro atoms. The highest BCUT2D eigenvalue weighted by Crippen LogP contribution is 2.20. The lowest BCUT2D eigenvalue weighted by Gasteiger charge is -2.48. The maximum Gasteiger partial charge on any atom is 0.357 e. The molecule has 0 bridgehead atoms. The molecule has 1 aromatic rings. The van der Waals surface area contributed by atoms with Gasteiger partial charge in [0.2, 0.25) is 0 Å². The summed E-state index contributed by atoms with van der Waals surface area (Å²) in [5.74, 6) is -0.337. The highest BCUT2D eigenvalue weighted by atomic mass is 19.1. The molecule has 21 heavy (non-hydrogen) atoms. The molecule has 3 rings (SSSR count). The molecule has 2 aliphatic heterocycles. The topological polar surface area (TPSA) is 44.8 Å². The molecule has 1 aromatic carbocycles. The molecule has 1 N–H and O–H groups in total. The first kappa shape index (κ1) is 14.4. The molecule has 0 saturated carbocycles. The highest BCUT2D eigenvalue weighted by Gasteiger charge is 2.38. The zero-order valence-corrected chi connectivity index (χ0v) is 11.9. The minimum atomic E-state index is -0.340. The first-order valence-corrected chi connectivity index (χ1v) is 7.32. The lowest BCUT2D eigenvalue weighted by molar-refractivity contribution is -0.186. The van der Waals surface area contributed by atoms with Crippen LogP contribution in [0.2, 0.25) is 0 Å². The molecular formula is C15H20FN3O2. The number of carbonyl (C=O) groups is 1. The first-order chi connectivity index (χ1) is 10.3. The zero-order valence-electron chi connectivity index (χ0n) is 11.9. The third-order valence-corrected chi connectivity index (χ3v) is 4.09. The van der Waals surface area contributed by atoms with Gasteiger partial charge >= 0.3 is 5.97 Å². The van der Waals surface area contributed by atoms with E-state index >= 15 is 0 Å². The number of hydrogen-bond acceptors (Lipinski definition) is 5. The van der Waals surface area contributed by atoms with Gasteiger partial charge in [-0.05, 0) is 12.1 Å². The van der Waals surface area contributed by atoms with E-state index in [1.165, 1.54) is 0 Å². The fraction of sp³-hybridized carbons (Fsp3) is 0.533. The van der Waals surface area contributed by atoms with Gasteiger partial charge in [0.05, 0.1) is 24.7 Å². The summed E-state index contributed by atoms with van der Waals surface area (Å²) in [6.45, 7) is 3.38. The monoisotopic (exact) mass is 293 g/mol. The second-order valence-electron chi connectivity index (χ2n) is 5.50. The Morgan fingerprint density at radius 1 is 1.33 bits per heavy atom. The number of hydrogen-bond donors (Lipinski definition) is 1. The summed E-state index contributed by atoms with van der Waals surface area (Å²) in [4.78, 5) is 19.4. The summed E-state index contributed by atoms with van der Waals surface area (Å²) >= 11 is 0. The Hall–Kier alpha value is -1.50. The highest BCUT2D eigenvalue weighted by molar-refractivity contribution is 5.89. The molecule has 2 fully saturated rings. The largest absolute Gasteiger partial charge is 0.364 e. The van der Waals surface area contributed by atoms with Crippen molar-refractivity contribution in [3.8, 4) is 0 Å². The molecule has 1 atom stereocenters. The van der Waals surface area contributed by atoms with Crippen LogP contribution in [-0.4, -0.2) is 67.4 Å². The maximum atomic E-state index is 13.0. The van der Waals surface area contributed by atoms with Crippen LogP contribution in [0.5, 0.6) is 0 Å². The summed E-state index contributed by atoms with van der Waals surface area (Å²) in [7, 11) is 0. The minimum absolute atomic E-state index is 0.0595. The van der Waals surface area contributed by atoms with Crippen LogP contribution in [-0.2, 0) is 4.84 Å². The number of piperazine rings is 1. The van der Waals surface area contributed by atoms with Gasteiger partial charge in [0.15, 0.2) is 0 Å². The van der Waals surface area contributed by atoms with E-state index < -0.39 is 0 Å². The predicted molar refractivity (Wildman–Crippen MR) is 76.6 cm³/mol. The molecular weight excluding hydrogens is 273 g/mol. The van der Waals surface area contributed by atoms with E-state index in [0.717, 1.165) is 13.1 Å². The Morgan fingerprint density at radius 2 is 2.10 bits per heavy atom. The van der Waals surface area contributed by atoms with Crippen molar-refractivity contribution in [3.05, 3.63) is 35.9 Å². The van der Waals surface area contributed by atoms with Crippen molar-refractivity contribution in [1.82, 2.24) is 15.3 Å². The smallest absolute Gasteiger partial charge is 0.357 e. The number of nitrogens with one attached hydrogen (secondary N) is 1. The number of alkyl halides is 1. The average Bonchev–Trinajstić information content (AvgIpc) is 2.51. The number of hydroxylamine groups is 2. The molecule has 2 aliphatic rings. The summed E-state index contributed by atoms with van der Waals surface area (Å²) < 4.78 is 13.0. The lowest BCUT2D eigenvalue weighted by Crippen LogP contribution is -2.66. The number of nitrogens with zero attached hydrogens (tertiary/aromatic N) is 2. The van der Waals surface area contributed by atoms with Crippen LogP contribution in [0.3, 0.4) is 0 Å². The van der Waals surface area contributed by atoms with Crippen LogP contribution in [0.1, 0.15) is 10.4 Å². The van der Waals surface area contributed by atoms with Gasteiger partial charge in [0.25, 0.3) is 0 Å². The third kappa shape index (κ3) is 3.23. The van der Waals surface area contributed by atoms with Gasteiger partial charge in [0, 0.05) is 25.7 Å². The van der Waals surface area contributed by atoms with Gasteiger partial charge in [-0.25, -0.2) is 9.18 Å². The van der Waals surface area contributed by atoms with Gasteiger partial charge in [-0.15, -0.1) is 5.06 Å². The molecule has 2 heterocycles. The Balaban J connectivity index is 1.48. The molecule has 5 nitrogen and oxygen atoms in total. The Kier molecular flexibility index (Phi) is 4.48. The van der Waals surface area contributed by atoms with E-state index in [1.54, 1.807) is 17.2 Å². The van der Waals surface area contributed by atoms with E-state index in [0.29, 0.717) is 25.2 Å². The standard InChI is InChI=1S/C15H20FN3O2/c16-8-13-9-17-6-7-19(13)14-10-18(11-14)21-15(20)12-4-2-1-3-5-12/h1-5,13-14,17H,6-11H2/t13-/m0/s1.